The number of sulfone groups is 1. The normalized spacial score (nSPS) is 21.0. The summed E-state index contributed by atoms with van der Waals surface area (Å²) in [4.78, 5) is 17.4. The third-order valence-electron chi connectivity index (χ3n) is 5.46. The smallest absolute Gasteiger partial charge is 0.305 e. The van der Waals surface area contributed by atoms with Gasteiger partial charge in [-0.25, -0.2) is 8.42 Å². The van der Waals surface area contributed by atoms with Crippen LogP contribution in [0, 0.1) is 0 Å². The van der Waals surface area contributed by atoms with E-state index in [1.54, 1.807) is 12.3 Å². The minimum Gasteiger partial charge on any atom is -0.481 e. The quantitative estimate of drug-likeness (QED) is 0.635. The maximum Gasteiger partial charge on any atom is 0.305 e. The summed E-state index contributed by atoms with van der Waals surface area (Å²) in [5, 5.41) is 9.42. The molecule has 1 N–H and O–H groups in total. The van der Waals surface area contributed by atoms with Gasteiger partial charge in [0.05, 0.1) is 17.9 Å². The van der Waals surface area contributed by atoms with Crippen LogP contribution in [0.2, 0.25) is 0 Å². The summed E-state index contributed by atoms with van der Waals surface area (Å²) in [5.74, 6) is -1.03. The van der Waals surface area contributed by atoms with Crippen molar-refractivity contribution >= 4 is 27.1 Å². The molecule has 0 saturated carbocycles. The zero-order chi connectivity index (χ0) is 20.5. The van der Waals surface area contributed by atoms with E-state index >= 15 is 0 Å². The van der Waals surface area contributed by atoms with E-state index in [2.05, 4.69) is 4.98 Å². The molecular weight excluding hydrogens is 406 g/mol. The number of aliphatic carboxylic acids is 1. The van der Waals surface area contributed by atoms with Crippen LogP contribution >= 0.6 is 11.3 Å². The number of carboxylic acids is 1. The van der Waals surface area contributed by atoms with E-state index in [0.717, 1.165) is 28.1 Å². The van der Waals surface area contributed by atoms with Crippen LogP contribution in [0.15, 0.2) is 60.8 Å². The van der Waals surface area contributed by atoms with Crippen LogP contribution in [0.25, 0.3) is 21.7 Å². The zero-order valence-corrected chi connectivity index (χ0v) is 17.4. The molecule has 0 amide bonds. The highest BCUT2D eigenvalue weighted by Crippen LogP contribution is 2.47. The number of hydrogen-bond acceptors (Lipinski definition) is 5. The maximum atomic E-state index is 12.9. The largest absolute Gasteiger partial charge is 0.481 e. The number of carboxylic acid groups (broad SMARTS) is 1. The number of thiophene rings is 1. The molecule has 29 heavy (non-hydrogen) atoms. The number of aromatic nitrogens is 1. The first kappa shape index (κ1) is 19.8. The van der Waals surface area contributed by atoms with Gasteiger partial charge in [0.15, 0.2) is 9.84 Å². The van der Waals surface area contributed by atoms with Crippen LogP contribution in [0.3, 0.4) is 0 Å². The van der Waals surface area contributed by atoms with Crippen LogP contribution < -0.4 is 0 Å². The fourth-order valence-corrected chi connectivity index (χ4v) is 7.71. The van der Waals surface area contributed by atoms with Gasteiger partial charge in [-0.15, -0.1) is 11.3 Å². The molecule has 7 heteroatoms. The molecular formula is C22H21NO4S2. The molecule has 150 valence electrons. The molecule has 1 atom stereocenters. The lowest BCUT2D eigenvalue weighted by Gasteiger charge is -2.34. The van der Waals surface area contributed by atoms with E-state index in [1.807, 2.05) is 48.5 Å². The molecule has 0 bridgehead atoms. The van der Waals surface area contributed by atoms with Gasteiger partial charge in [0.2, 0.25) is 0 Å². The first-order valence-corrected chi connectivity index (χ1v) is 11.9. The second-order valence-electron chi connectivity index (χ2n) is 7.30. The molecule has 1 unspecified atom stereocenters. The number of carbonyl (C=O) groups is 1. The van der Waals surface area contributed by atoms with Crippen LogP contribution in [0.4, 0.5) is 0 Å². The number of nitrogens with zero attached hydrogens (tertiary/aromatic N) is 1. The average Bonchev–Trinajstić information content (AvgIpc) is 3.21. The van der Waals surface area contributed by atoms with Gasteiger partial charge < -0.3 is 5.11 Å². The van der Waals surface area contributed by atoms with Crippen LogP contribution in [0.5, 0.6) is 0 Å². The van der Waals surface area contributed by atoms with Gasteiger partial charge in [0, 0.05) is 21.5 Å². The second kappa shape index (κ2) is 7.72. The van der Waals surface area contributed by atoms with Crippen LogP contribution in [-0.4, -0.2) is 30.2 Å². The molecule has 2 aromatic heterocycles. The van der Waals surface area contributed by atoms with E-state index in [-0.39, 0.29) is 12.2 Å². The first-order valence-electron chi connectivity index (χ1n) is 9.48. The standard InChI is InChI=1S/C22H21NO4S2/c24-21(25)15-22(12-2-4-14-29(22,26)27)20-11-10-19(28-20)17-8-6-16(7-9-17)18-5-1-3-13-23-18/h1,3,5-11,13H,2,4,12,14-15H2,(H,24,25). The van der Waals surface area contributed by atoms with Crippen molar-refractivity contribution in [3.05, 3.63) is 65.7 Å². The Bertz CT molecular complexity index is 1120. The lowest BCUT2D eigenvalue weighted by molar-refractivity contribution is -0.137. The van der Waals surface area contributed by atoms with Crippen LogP contribution in [0.1, 0.15) is 30.6 Å². The number of benzene rings is 1. The Kier molecular flexibility index (Phi) is 5.27. The number of hydrogen-bond donors (Lipinski definition) is 1. The molecule has 4 rings (SSSR count). The highest BCUT2D eigenvalue weighted by molar-refractivity contribution is 7.92. The molecule has 0 aliphatic carbocycles. The fraction of sp³-hybridized carbons (Fsp3) is 0.273. The highest BCUT2D eigenvalue weighted by atomic mass is 32.2. The van der Waals surface area contributed by atoms with E-state index in [9.17, 15) is 18.3 Å². The Labute approximate surface area is 174 Å². The predicted octanol–water partition coefficient (Wildman–Crippen LogP) is 4.75. The molecule has 0 radical (unpaired) electrons. The molecule has 1 saturated heterocycles. The molecule has 0 spiro atoms. The van der Waals surface area contributed by atoms with E-state index < -0.39 is 20.6 Å². The molecule has 1 fully saturated rings. The van der Waals surface area contributed by atoms with Crippen LogP contribution in [-0.2, 0) is 19.4 Å². The lowest BCUT2D eigenvalue weighted by atomic mass is 9.95. The molecule has 3 heterocycles. The average molecular weight is 428 g/mol. The topological polar surface area (TPSA) is 84.3 Å². The van der Waals surface area contributed by atoms with Crippen molar-refractivity contribution < 1.29 is 18.3 Å². The van der Waals surface area contributed by atoms with Crippen molar-refractivity contribution in [3.8, 4) is 21.7 Å². The Balaban J connectivity index is 1.69. The molecule has 3 aromatic rings. The first-order chi connectivity index (χ1) is 13.9. The maximum absolute atomic E-state index is 12.9. The fourth-order valence-electron chi connectivity index (χ4n) is 3.94. The van der Waals surface area contributed by atoms with Gasteiger partial charge in [-0.05, 0) is 42.7 Å². The van der Waals surface area contributed by atoms with Gasteiger partial charge >= 0.3 is 5.97 Å². The van der Waals surface area contributed by atoms with Gasteiger partial charge in [-0.1, -0.05) is 36.8 Å². The summed E-state index contributed by atoms with van der Waals surface area (Å²) < 4.78 is 24.5. The Morgan fingerprint density at radius 3 is 2.45 bits per heavy atom. The van der Waals surface area contributed by atoms with Crippen molar-refractivity contribution in [1.82, 2.24) is 4.98 Å². The third-order valence-corrected chi connectivity index (χ3v) is 9.51. The van der Waals surface area contributed by atoms with Gasteiger partial charge in [-0.3, -0.25) is 9.78 Å². The van der Waals surface area contributed by atoms with E-state index in [4.69, 9.17) is 0 Å². The minimum atomic E-state index is -3.52. The second-order valence-corrected chi connectivity index (χ2v) is 10.8. The Morgan fingerprint density at radius 1 is 1.03 bits per heavy atom. The van der Waals surface area contributed by atoms with E-state index in [0.29, 0.717) is 17.7 Å². The summed E-state index contributed by atoms with van der Waals surface area (Å²) in [7, 11) is -3.52. The third kappa shape index (κ3) is 3.72. The molecule has 1 aromatic carbocycles. The summed E-state index contributed by atoms with van der Waals surface area (Å²) in [6, 6.07) is 17.4. The predicted molar refractivity (Wildman–Crippen MR) is 115 cm³/mol. The summed E-state index contributed by atoms with van der Waals surface area (Å²) in [5.41, 5.74) is 2.86. The van der Waals surface area contributed by atoms with E-state index in [1.165, 1.54) is 11.3 Å². The number of pyridine rings is 1. The van der Waals surface area contributed by atoms with Gasteiger partial charge in [0.25, 0.3) is 0 Å². The Morgan fingerprint density at radius 2 is 1.79 bits per heavy atom. The van der Waals surface area contributed by atoms with Crippen molar-refractivity contribution in [2.24, 2.45) is 0 Å². The summed E-state index contributed by atoms with van der Waals surface area (Å²) >= 11 is 1.38. The Hall–Kier alpha value is -2.51. The van der Waals surface area contributed by atoms with Gasteiger partial charge in [-0.2, -0.15) is 0 Å². The zero-order valence-electron chi connectivity index (χ0n) is 15.7. The summed E-state index contributed by atoms with van der Waals surface area (Å²) in [6.45, 7) is 0. The minimum absolute atomic E-state index is 0.0479. The van der Waals surface area contributed by atoms with Crippen molar-refractivity contribution in [2.45, 2.75) is 30.4 Å². The van der Waals surface area contributed by atoms with Crippen molar-refractivity contribution in [3.63, 3.8) is 0 Å². The summed E-state index contributed by atoms with van der Waals surface area (Å²) in [6.07, 6.45) is 3.05. The molecule has 1 aliphatic rings. The number of rotatable bonds is 5. The molecule has 5 nitrogen and oxygen atoms in total. The molecule has 1 aliphatic heterocycles. The highest BCUT2D eigenvalue weighted by Gasteiger charge is 2.49. The SMILES string of the molecule is O=C(O)CC1(c2ccc(-c3ccc(-c4ccccn4)cc3)s2)CCCCS1(=O)=O. The van der Waals surface area contributed by atoms with Crippen molar-refractivity contribution in [1.29, 1.82) is 0 Å². The van der Waals surface area contributed by atoms with Gasteiger partial charge in [0.1, 0.15) is 4.75 Å². The monoisotopic (exact) mass is 427 g/mol. The lowest BCUT2D eigenvalue weighted by Crippen LogP contribution is -2.41. The van der Waals surface area contributed by atoms with Crippen molar-refractivity contribution in [2.75, 3.05) is 5.75 Å².